The summed E-state index contributed by atoms with van der Waals surface area (Å²) in [6.45, 7) is 0. The molecule has 0 heterocycles. The third-order valence-corrected chi connectivity index (χ3v) is 5.02. The molecule has 0 aromatic heterocycles. The fourth-order valence-electron chi connectivity index (χ4n) is 1.39. The van der Waals surface area contributed by atoms with Crippen LogP contribution in [0.2, 0.25) is 0 Å². The molecule has 0 saturated heterocycles. The monoisotopic (exact) mass is 343 g/mol. The third kappa shape index (κ3) is 2.97. The zero-order valence-corrected chi connectivity index (χ0v) is 11.4. The Morgan fingerprint density at radius 2 is 1.89 bits per heavy atom. The second-order valence-corrected chi connectivity index (χ2v) is 6.85. The van der Waals surface area contributed by atoms with E-state index in [0.717, 1.165) is 18.2 Å². The zero-order chi connectivity index (χ0) is 13.6. The maximum Gasteiger partial charge on any atom is 0.416 e. The van der Waals surface area contributed by atoms with Crippen LogP contribution in [0.5, 0.6) is 0 Å². The Balaban J connectivity index is 2.25. The van der Waals surface area contributed by atoms with Gasteiger partial charge in [0, 0.05) is 4.47 Å². The van der Waals surface area contributed by atoms with Crippen molar-refractivity contribution in [1.29, 1.82) is 0 Å². The minimum Gasteiger partial charge on any atom is -0.282 e. The van der Waals surface area contributed by atoms with Crippen molar-refractivity contribution in [2.75, 3.05) is 4.72 Å². The standard InChI is InChI=1S/C10H9BrF3NO2S/c11-8-5-6(10(12,13)14)1-4-9(8)15-18(16,17)7-2-3-7/h1,4-5,7,15H,2-3H2. The lowest BCUT2D eigenvalue weighted by Gasteiger charge is -2.12. The Bertz CT molecular complexity index is 567. The van der Waals surface area contributed by atoms with Crippen LogP contribution >= 0.6 is 15.9 Å². The lowest BCUT2D eigenvalue weighted by atomic mass is 10.2. The molecule has 0 amide bonds. The highest BCUT2D eigenvalue weighted by Crippen LogP contribution is 2.36. The highest BCUT2D eigenvalue weighted by Gasteiger charge is 2.36. The van der Waals surface area contributed by atoms with Crippen molar-refractivity contribution in [2.24, 2.45) is 0 Å². The molecule has 1 aromatic rings. The van der Waals surface area contributed by atoms with Crippen molar-refractivity contribution in [2.45, 2.75) is 24.3 Å². The molecule has 0 spiro atoms. The van der Waals surface area contributed by atoms with Crippen LogP contribution in [-0.4, -0.2) is 13.7 Å². The van der Waals surface area contributed by atoms with Gasteiger partial charge in [0.25, 0.3) is 0 Å². The van der Waals surface area contributed by atoms with Gasteiger partial charge in [0.2, 0.25) is 10.0 Å². The van der Waals surface area contributed by atoms with Crippen LogP contribution in [0.4, 0.5) is 18.9 Å². The first-order chi connectivity index (χ1) is 8.20. The summed E-state index contributed by atoms with van der Waals surface area (Å²) in [5.41, 5.74) is -0.710. The van der Waals surface area contributed by atoms with E-state index in [1.165, 1.54) is 0 Å². The van der Waals surface area contributed by atoms with Crippen LogP contribution in [0, 0.1) is 0 Å². The molecule has 1 aliphatic rings. The van der Waals surface area contributed by atoms with Gasteiger partial charge in [-0.15, -0.1) is 0 Å². The average Bonchev–Trinajstić information content (AvgIpc) is 3.02. The van der Waals surface area contributed by atoms with Crippen molar-refractivity contribution in [3.8, 4) is 0 Å². The summed E-state index contributed by atoms with van der Waals surface area (Å²) in [5.74, 6) is 0. The molecule has 0 radical (unpaired) electrons. The van der Waals surface area contributed by atoms with Gasteiger partial charge in [-0.3, -0.25) is 4.72 Å². The lowest BCUT2D eigenvalue weighted by Crippen LogP contribution is -2.17. The number of nitrogens with one attached hydrogen (secondary N) is 1. The van der Waals surface area contributed by atoms with Crippen LogP contribution in [0.3, 0.4) is 0 Å². The molecule has 1 N–H and O–H groups in total. The Morgan fingerprint density at radius 1 is 1.28 bits per heavy atom. The van der Waals surface area contributed by atoms with E-state index in [-0.39, 0.29) is 10.2 Å². The van der Waals surface area contributed by atoms with Crippen molar-refractivity contribution in [3.05, 3.63) is 28.2 Å². The van der Waals surface area contributed by atoms with E-state index in [1.807, 2.05) is 0 Å². The topological polar surface area (TPSA) is 46.2 Å². The molecule has 3 nitrogen and oxygen atoms in total. The predicted molar refractivity (Wildman–Crippen MR) is 64.7 cm³/mol. The van der Waals surface area contributed by atoms with Crippen molar-refractivity contribution < 1.29 is 21.6 Å². The van der Waals surface area contributed by atoms with Crippen molar-refractivity contribution in [1.82, 2.24) is 0 Å². The Hall–Kier alpha value is -0.760. The molecule has 1 fully saturated rings. The van der Waals surface area contributed by atoms with E-state index in [1.54, 1.807) is 0 Å². The number of sulfonamides is 1. The van der Waals surface area contributed by atoms with Crippen LogP contribution in [-0.2, 0) is 16.2 Å². The molecule has 2 rings (SSSR count). The highest BCUT2D eigenvalue weighted by atomic mass is 79.9. The van der Waals surface area contributed by atoms with E-state index < -0.39 is 27.0 Å². The fourth-order valence-corrected chi connectivity index (χ4v) is 3.41. The van der Waals surface area contributed by atoms with Gasteiger partial charge < -0.3 is 0 Å². The third-order valence-electron chi connectivity index (χ3n) is 2.51. The number of anilines is 1. The predicted octanol–water partition coefficient (Wildman–Crippen LogP) is 3.37. The van der Waals surface area contributed by atoms with Crippen molar-refractivity contribution in [3.63, 3.8) is 0 Å². The molecule has 0 bridgehead atoms. The minimum absolute atomic E-state index is 0.0709. The van der Waals surface area contributed by atoms with Gasteiger partial charge >= 0.3 is 6.18 Å². The second kappa shape index (κ2) is 4.41. The van der Waals surface area contributed by atoms with Crippen LogP contribution < -0.4 is 4.72 Å². The first kappa shape index (κ1) is 13.7. The summed E-state index contributed by atoms with van der Waals surface area (Å²) in [4.78, 5) is 0. The van der Waals surface area contributed by atoms with Gasteiger partial charge in [-0.25, -0.2) is 8.42 Å². The summed E-state index contributed by atoms with van der Waals surface area (Å²) in [6.07, 6.45) is -3.27. The molecule has 0 aliphatic heterocycles. The second-order valence-electron chi connectivity index (χ2n) is 4.04. The zero-order valence-electron chi connectivity index (χ0n) is 8.96. The van der Waals surface area contributed by atoms with Crippen molar-refractivity contribution >= 4 is 31.6 Å². The Kier molecular flexibility index (Phi) is 3.35. The van der Waals surface area contributed by atoms with Crippen LogP contribution in [0.25, 0.3) is 0 Å². The molecule has 1 aliphatic carbocycles. The van der Waals surface area contributed by atoms with Gasteiger partial charge in [0.05, 0.1) is 16.5 Å². The maximum atomic E-state index is 12.4. The number of rotatable bonds is 3. The SMILES string of the molecule is O=S(=O)(Nc1ccc(C(F)(F)F)cc1Br)C1CC1. The molecule has 0 atom stereocenters. The fraction of sp³-hybridized carbons (Fsp3) is 0.400. The van der Waals surface area contributed by atoms with Crippen LogP contribution in [0.15, 0.2) is 22.7 Å². The van der Waals surface area contributed by atoms with Gasteiger partial charge in [-0.2, -0.15) is 13.2 Å². The summed E-state index contributed by atoms with van der Waals surface area (Å²) in [7, 11) is -3.47. The molecular weight excluding hydrogens is 335 g/mol. The first-order valence-corrected chi connectivity index (χ1v) is 7.42. The molecular formula is C10H9BrF3NO2S. The van der Waals surface area contributed by atoms with Crippen LogP contribution in [0.1, 0.15) is 18.4 Å². The highest BCUT2D eigenvalue weighted by molar-refractivity contribution is 9.10. The largest absolute Gasteiger partial charge is 0.416 e. The normalized spacial score (nSPS) is 16.7. The number of alkyl halides is 3. The smallest absolute Gasteiger partial charge is 0.282 e. The Labute approximate surface area is 111 Å². The van der Waals surface area contributed by atoms with Gasteiger partial charge in [-0.05, 0) is 47.0 Å². The van der Waals surface area contributed by atoms with E-state index >= 15 is 0 Å². The molecule has 1 aromatic carbocycles. The lowest BCUT2D eigenvalue weighted by molar-refractivity contribution is -0.137. The number of benzene rings is 1. The summed E-state index contributed by atoms with van der Waals surface area (Å²) >= 11 is 2.93. The molecule has 8 heteroatoms. The molecule has 18 heavy (non-hydrogen) atoms. The number of hydrogen-bond donors (Lipinski definition) is 1. The Morgan fingerprint density at radius 3 is 2.33 bits per heavy atom. The van der Waals surface area contributed by atoms with Gasteiger partial charge in [-0.1, -0.05) is 0 Å². The summed E-state index contributed by atoms with van der Waals surface area (Å²) < 4.78 is 62.9. The minimum atomic E-state index is -4.45. The van der Waals surface area contributed by atoms with Gasteiger partial charge in [0.1, 0.15) is 0 Å². The maximum absolute atomic E-state index is 12.4. The average molecular weight is 344 g/mol. The quantitative estimate of drug-likeness (QED) is 0.914. The molecule has 1 saturated carbocycles. The van der Waals surface area contributed by atoms with E-state index in [0.29, 0.717) is 12.8 Å². The molecule has 100 valence electrons. The number of hydrogen-bond acceptors (Lipinski definition) is 2. The summed E-state index contributed by atoms with van der Waals surface area (Å²) in [5, 5.41) is -0.424. The first-order valence-electron chi connectivity index (χ1n) is 5.08. The summed E-state index contributed by atoms with van der Waals surface area (Å²) in [6, 6.07) is 2.80. The van der Waals surface area contributed by atoms with E-state index in [4.69, 9.17) is 0 Å². The van der Waals surface area contributed by atoms with Gasteiger partial charge in [0.15, 0.2) is 0 Å². The number of halogens is 4. The van der Waals surface area contributed by atoms with E-state index in [2.05, 4.69) is 20.7 Å². The van der Waals surface area contributed by atoms with E-state index in [9.17, 15) is 21.6 Å². The molecule has 0 unspecified atom stereocenters.